The fourth-order valence-electron chi connectivity index (χ4n) is 0.985. The predicted octanol–water partition coefficient (Wildman–Crippen LogP) is 0.871. The number of nitrogens with two attached hydrogens (primary N) is 1. The first-order chi connectivity index (χ1) is 6.90. The molecule has 0 radical (unpaired) electrons. The minimum atomic E-state index is 0. The summed E-state index contributed by atoms with van der Waals surface area (Å²) in [5, 5.41) is 3.74. The van der Waals surface area contributed by atoms with Crippen molar-refractivity contribution in [1.29, 1.82) is 0 Å². The van der Waals surface area contributed by atoms with E-state index in [1.54, 1.807) is 18.5 Å². The average molecular weight is 264 g/mol. The highest BCUT2D eigenvalue weighted by atomic mass is 35.5. The van der Waals surface area contributed by atoms with Crippen LogP contribution in [0.2, 0.25) is 0 Å². The van der Waals surface area contributed by atoms with Gasteiger partial charge in [-0.25, -0.2) is 9.97 Å². The summed E-state index contributed by atoms with van der Waals surface area (Å²) >= 11 is 0. The molecular weight excluding hydrogens is 253 g/mol. The van der Waals surface area contributed by atoms with E-state index >= 15 is 0 Å². The highest BCUT2D eigenvalue weighted by Crippen LogP contribution is 2.08. The van der Waals surface area contributed by atoms with E-state index in [1.807, 2.05) is 0 Å². The maximum atomic E-state index is 5.35. The summed E-state index contributed by atoms with van der Waals surface area (Å²) in [4.78, 5) is 12.1. The van der Waals surface area contributed by atoms with Gasteiger partial charge in [-0.2, -0.15) is 4.98 Å². The maximum Gasteiger partial charge on any atom is 0.240 e. The Balaban J connectivity index is 0.00000112. The molecule has 8 heteroatoms. The summed E-state index contributed by atoms with van der Waals surface area (Å²) in [5.74, 6) is 1.36. The molecule has 0 saturated carbocycles. The molecular formula is C8H11Cl2N5O. The van der Waals surface area contributed by atoms with Crippen LogP contribution in [-0.2, 0) is 6.42 Å². The van der Waals surface area contributed by atoms with Gasteiger partial charge in [-0.1, -0.05) is 5.16 Å². The van der Waals surface area contributed by atoms with E-state index in [2.05, 4.69) is 20.1 Å². The van der Waals surface area contributed by atoms with Gasteiger partial charge in [0, 0.05) is 25.4 Å². The number of rotatable bonds is 3. The van der Waals surface area contributed by atoms with Gasteiger partial charge in [0.1, 0.15) is 0 Å². The first-order valence-corrected chi connectivity index (χ1v) is 4.20. The van der Waals surface area contributed by atoms with Crippen LogP contribution < -0.4 is 5.73 Å². The quantitative estimate of drug-likeness (QED) is 0.884. The lowest BCUT2D eigenvalue weighted by Gasteiger charge is -1.88. The molecule has 2 aromatic heterocycles. The monoisotopic (exact) mass is 263 g/mol. The Bertz CT molecular complexity index is 408. The van der Waals surface area contributed by atoms with Crippen molar-refractivity contribution in [1.82, 2.24) is 20.1 Å². The third kappa shape index (κ3) is 3.41. The largest absolute Gasteiger partial charge is 0.339 e. The molecule has 0 unspecified atom stereocenters. The first-order valence-electron chi connectivity index (χ1n) is 4.20. The molecule has 0 aliphatic heterocycles. The standard InChI is InChI=1S/C8H9N5O.2ClH/c9-3-2-6-12-8(13-14-6)7-10-4-1-5-11-7;;/h1,4-5H,2-3,9H2;2*1H. The van der Waals surface area contributed by atoms with Crippen LogP contribution in [-0.4, -0.2) is 26.7 Å². The van der Waals surface area contributed by atoms with Crippen LogP contribution in [0.3, 0.4) is 0 Å². The molecule has 0 saturated heterocycles. The van der Waals surface area contributed by atoms with Crippen LogP contribution in [0.15, 0.2) is 23.0 Å². The van der Waals surface area contributed by atoms with Crippen molar-refractivity contribution in [2.75, 3.05) is 6.54 Å². The fourth-order valence-corrected chi connectivity index (χ4v) is 0.985. The first kappa shape index (κ1) is 14.8. The Morgan fingerprint density at radius 3 is 2.44 bits per heavy atom. The van der Waals surface area contributed by atoms with Crippen LogP contribution in [0.1, 0.15) is 5.89 Å². The zero-order chi connectivity index (χ0) is 9.80. The molecule has 88 valence electrons. The van der Waals surface area contributed by atoms with Crippen molar-refractivity contribution in [3.05, 3.63) is 24.4 Å². The number of halogens is 2. The topological polar surface area (TPSA) is 90.7 Å². The molecule has 0 aliphatic rings. The third-order valence-corrected chi connectivity index (χ3v) is 1.59. The summed E-state index contributed by atoms with van der Waals surface area (Å²) in [6.07, 6.45) is 3.82. The molecule has 0 amide bonds. The number of aromatic nitrogens is 4. The molecule has 2 N–H and O–H groups in total. The van der Waals surface area contributed by atoms with Gasteiger partial charge in [0.25, 0.3) is 0 Å². The van der Waals surface area contributed by atoms with Crippen molar-refractivity contribution < 1.29 is 4.52 Å². The lowest BCUT2D eigenvalue weighted by atomic mass is 10.4. The normalized spacial score (nSPS) is 9.06. The van der Waals surface area contributed by atoms with Crippen molar-refractivity contribution in [3.8, 4) is 11.6 Å². The molecule has 0 aliphatic carbocycles. The Hall–Kier alpha value is -1.24. The molecule has 16 heavy (non-hydrogen) atoms. The predicted molar refractivity (Wildman–Crippen MR) is 62.6 cm³/mol. The summed E-state index contributed by atoms with van der Waals surface area (Å²) < 4.78 is 4.94. The van der Waals surface area contributed by atoms with E-state index in [4.69, 9.17) is 10.3 Å². The van der Waals surface area contributed by atoms with Crippen LogP contribution >= 0.6 is 24.8 Å². The lowest BCUT2D eigenvalue weighted by Crippen LogP contribution is -2.02. The van der Waals surface area contributed by atoms with Crippen LogP contribution in [0.5, 0.6) is 0 Å². The Morgan fingerprint density at radius 1 is 1.12 bits per heavy atom. The van der Waals surface area contributed by atoms with Crippen LogP contribution in [0.4, 0.5) is 0 Å². The zero-order valence-electron chi connectivity index (χ0n) is 8.24. The van der Waals surface area contributed by atoms with Gasteiger partial charge >= 0.3 is 0 Å². The van der Waals surface area contributed by atoms with Gasteiger partial charge in [-0.05, 0) is 6.07 Å². The minimum absolute atomic E-state index is 0. The molecule has 2 heterocycles. The molecule has 0 spiro atoms. The second-order valence-electron chi connectivity index (χ2n) is 2.62. The maximum absolute atomic E-state index is 5.35. The minimum Gasteiger partial charge on any atom is -0.339 e. The Kier molecular flexibility index (Phi) is 6.55. The van der Waals surface area contributed by atoms with E-state index in [0.29, 0.717) is 30.5 Å². The average Bonchev–Trinajstić information content (AvgIpc) is 2.68. The van der Waals surface area contributed by atoms with Crippen molar-refractivity contribution in [3.63, 3.8) is 0 Å². The lowest BCUT2D eigenvalue weighted by molar-refractivity contribution is 0.380. The molecule has 0 aromatic carbocycles. The van der Waals surface area contributed by atoms with Crippen LogP contribution in [0.25, 0.3) is 11.6 Å². The van der Waals surface area contributed by atoms with Gasteiger partial charge in [-0.15, -0.1) is 24.8 Å². The van der Waals surface area contributed by atoms with E-state index < -0.39 is 0 Å². The van der Waals surface area contributed by atoms with Crippen molar-refractivity contribution in [2.45, 2.75) is 6.42 Å². The van der Waals surface area contributed by atoms with Gasteiger partial charge in [-0.3, -0.25) is 0 Å². The summed E-state index contributed by atoms with van der Waals surface area (Å²) in [6, 6.07) is 1.73. The Labute approximate surface area is 104 Å². The third-order valence-electron chi connectivity index (χ3n) is 1.59. The smallest absolute Gasteiger partial charge is 0.240 e. The second kappa shape index (κ2) is 7.10. The molecule has 0 bridgehead atoms. The van der Waals surface area contributed by atoms with E-state index in [-0.39, 0.29) is 24.8 Å². The summed E-state index contributed by atoms with van der Waals surface area (Å²) in [6.45, 7) is 0.483. The highest BCUT2D eigenvalue weighted by Gasteiger charge is 2.09. The van der Waals surface area contributed by atoms with E-state index in [0.717, 1.165) is 0 Å². The Morgan fingerprint density at radius 2 is 1.81 bits per heavy atom. The second-order valence-corrected chi connectivity index (χ2v) is 2.62. The van der Waals surface area contributed by atoms with E-state index in [9.17, 15) is 0 Å². The molecule has 0 fully saturated rings. The zero-order valence-corrected chi connectivity index (χ0v) is 9.87. The number of hydrogen-bond donors (Lipinski definition) is 1. The molecule has 2 rings (SSSR count). The number of nitrogens with zero attached hydrogens (tertiary/aromatic N) is 4. The fraction of sp³-hybridized carbons (Fsp3) is 0.250. The SMILES string of the molecule is Cl.Cl.NCCc1nc(-c2ncccn2)no1. The van der Waals surface area contributed by atoms with Gasteiger partial charge in [0.05, 0.1) is 0 Å². The van der Waals surface area contributed by atoms with Gasteiger partial charge in [0.2, 0.25) is 17.5 Å². The van der Waals surface area contributed by atoms with E-state index in [1.165, 1.54) is 0 Å². The number of hydrogen-bond acceptors (Lipinski definition) is 6. The summed E-state index contributed by atoms with van der Waals surface area (Å²) in [5.41, 5.74) is 5.35. The van der Waals surface area contributed by atoms with Gasteiger partial charge < -0.3 is 10.3 Å². The van der Waals surface area contributed by atoms with Crippen molar-refractivity contribution >= 4 is 24.8 Å². The van der Waals surface area contributed by atoms with Crippen LogP contribution in [0, 0.1) is 0 Å². The molecule has 6 nitrogen and oxygen atoms in total. The highest BCUT2D eigenvalue weighted by molar-refractivity contribution is 5.85. The summed E-state index contributed by atoms with van der Waals surface area (Å²) in [7, 11) is 0. The molecule has 0 atom stereocenters. The van der Waals surface area contributed by atoms with Crippen molar-refractivity contribution in [2.24, 2.45) is 5.73 Å². The van der Waals surface area contributed by atoms with Gasteiger partial charge in [0.15, 0.2) is 0 Å². The molecule has 2 aromatic rings.